The van der Waals surface area contributed by atoms with Gasteiger partial charge in [-0.25, -0.2) is 4.79 Å². The first kappa shape index (κ1) is 13.2. The van der Waals surface area contributed by atoms with Crippen molar-refractivity contribution in [1.82, 2.24) is 0 Å². The lowest BCUT2D eigenvalue weighted by Crippen LogP contribution is -2.00. The summed E-state index contributed by atoms with van der Waals surface area (Å²) in [5.41, 5.74) is 4.57. The smallest absolute Gasteiger partial charge is 0.339 e. The van der Waals surface area contributed by atoms with Crippen LogP contribution in [0.5, 0.6) is 0 Å². The molecule has 0 radical (unpaired) electrons. The van der Waals surface area contributed by atoms with Crippen molar-refractivity contribution in [3.05, 3.63) is 70.1 Å². The van der Waals surface area contributed by atoms with Crippen LogP contribution in [0.1, 0.15) is 16.7 Å². The summed E-state index contributed by atoms with van der Waals surface area (Å²) in [5.74, 6) is -0.308. The molecule has 0 atom stereocenters. The summed E-state index contributed by atoms with van der Waals surface area (Å²) in [6.45, 7) is 2.21. The summed E-state index contributed by atoms with van der Waals surface area (Å²) in [6.07, 6.45) is 0. The minimum Gasteiger partial charge on any atom is -0.457 e. The van der Waals surface area contributed by atoms with Crippen LogP contribution in [0.2, 0.25) is 0 Å². The van der Waals surface area contributed by atoms with Crippen molar-refractivity contribution in [2.75, 3.05) is 6.61 Å². The summed E-state index contributed by atoms with van der Waals surface area (Å²) in [4.78, 5) is 22.6. The molecule has 21 heavy (non-hydrogen) atoms. The van der Waals surface area contributed by atoms with Crippen LogP contribution in [0.25, 0.3) is 11.1 Å². The van der Waals surface area contributed by atoms with Gasteiger partial charge in [0.2, 0.25) is 0 Å². The Morgan fingerprint density at radius 2 is 1.76 bits per heavy atom. The van der Waals surface area contributed by atoms with Crippen LogP contribution < -0.4 is 0 Å². The molecule has 2 aromatic carbocycles. The second kappa shape index (κ2) is 5.32. The Kier molecular flexibility index (Phi) is 3.36. The summed E-state index contributed by atoms with van der Waals surface area (Å²) >= 11 is 0. The monoisotopic (exact) mass is 279 g/mol. The van der Waals surface area contributed by atoms with Gasteiger partial charge in [0.05, 0.1) is 5.57 Å². The van der Waals surface area contributed by atoms with Crippen molar-refractivity contribution in [3.63, 3.8) is 0 Å². The van der Waals surface area contributed by atoms with Crippen LogP contribution in [0.15, 0.2) is 53.7 Å². The number of cyclic esters (lactones) is 1. The van der Waals surface area contributed by atoms with Crippen molar-refractivity contribution < 1.29 is 9.53 Å². The van der Waals surface area contributed by atoms with E-state index in [-0.39, 0.29) is 12.6 Å². The first-order valence-electron chi connectivity index (χ1n) is 6.61. The van der Waals surface area contributed by atoms with Crippen LogP contribution >= 0.6 is 0 Å². The Balaban J connectivity index is 2.15. The average molecular weight is 279 g/mol. The first-order chi connectivity index (χ1) is 10.2. The minimum absolute atomic E-state index is 0.246. The number of ether oxygens (including phenoxy) is 1. The molecule has 0 bridgehead atoms. The molecule has 4 nitrogen and oxygen atoms in total. The third kappa shape index (κ3) is 2.36. The zero-order valence-corrected chi connectivity index (χ0v) is 11.5. The fraction of sp³-hybridized carbons (Fsp3) is 0.118. The van der Waals surface area contributed by atoms with E-state index in [2.05, 4.69) is 5.18 Å². The predicted molar refractivity (Wildman–Crippen MR) is 80.8 cm³/mol. The summed E-state index contributed by atoms with van der Waals surface area (Å²) in [7, 11) is 0. The van der Waals surface area contributed by atoms with Crippen LogP contribution in [-0.2, 0) is 9.53 Å². The fourth-order valence-electron chi connectivity index (χ4n) is 2.48. The summed E-state index contributed by atoms with van der Waals surface area (Å²) in [6, 6.07) is 14.5. The number of aryl methyl sites for hydroxylation is 1. The van der Waals surface area contributed by atoms with Crippen LogP contribution in [0, 0.1) is 11.8 Å². The van der Waals surface area contributed by atoms with Crippen LogP contribution in [-0.4, -0.2) is 12.6 Å². The van der Waals surface area contributed by atoms with E-state index in [9.17, 15) is 9.70 Å². The molecular formula is C17H13NO3. The molecule has 0 saturated carbocycles. The number of hydrogen-bond acceptors (Lipinski definition) is 4. The molecule has 0 amide bonds. The summed E-state index contributed by atoms with van der Waals surface area (Å²) in [5, 5.41) is 2.88. The zero-order chi connectivity index (χ0) is 14.8. The zero-order valence-electron chi connectivity index (χ0n) is 11.5. The van der Waals surface area contributed by atoms with Gasteiger partial charge in [0.1, 0.15) is 12.3 Å². The number of carbonyl (C=O) groups excluding carboxylic acids is 1. The molecular weight excluding hydrogens is 266 g/mol. The summed E-state index contributed by atoms with van der Waals surface area (Å²) < 4.78 is 5.20. The van der Waals surface area contributed by atoms with E-state index in [0.717, 1.165) is 22.3 Å². The molecule has 3 rings (SSSR count). The van der Waals surface area contributed by atoms with Gasteiger partial charge in [-0.05, 0) is 40.9 Å². The highest BCUT2D eigenvalue weighted by Crippen LogP contribution is 2.34. The molecule has 1 heterocycles. The Bertz CT molecular complexity index is 745. The lowest BCUT2D eigenvalue weighted by atomic mass is 9.94. The van der Waals surface area contributed by atoms with Gasteiger partial charge in [0.15, 0.2) is 0 Å². The van der Waals surface area contributed by atoms with E-state index in [0.29, 0.717) is 11.3 Å². The highest BCUT2D eigenvalue weighted by atomic mass is 16.5. The highest BCUT2D eigenvalue weighted by molar-refractivity contribution is 6.27. The number of carbonyl (C=O) groups is 1. The second-order valence-electron chi connectivity index (χ2n) is 4.88. The maximum absolute atomic E-state index is 12.1. The molecule has 0 N–H and O–H groups in total. The number of hydrogen-bond donors (Lipinski definition) is 0. The quantitative estimate of drug-likeness (QED) is 0.633. The average Bonchev–Trinajstić information content (AvgIpc) is 2.89. The Hall–Kier alpha value is -2.75. The van der Waals surface area contributed by atoms with Gasteiger partial charge in [0, 0.05) is 5.57 Å². The van der Waals surface area contributed by atoms with E-state index in [1.54, 1.807) is 24.3 Å². The van der Waals surface area contributed by atoms with Gasteiger partial charge in [-0.15, -0.1) is 4.91 Å². The van der Waals surface area contributed by atoms with Crippen LogP contribution in [0.4, 0.5) is 5.69 Å². The standard InChI is InChI=1S/C17H13NO3/c1-11-4-2-3-5-14(11)16-15(10-21-17(16)19)12-6-8-13(18-20)9-7-12/h2-9H,10H2,1H3. The Morgan fingerprint density at radius 1 is 1.05 bits per heavy atom. The van der Waals surface area contributed by atoms with Gasteiger partial charge in [-0.1, -0.05) is 36.4 Å². The molecule has 0 fully saturated rings. The Morgan fingerprint density at radius 3 is 2.43 bits per heavy atom. The number of nitrogens with zero attached hydrogens (tertiary/aromatic N) is 1. The van der Waals surface area contributed by atoms with Crippen molar-refractivity contribution in [2.45, 2.75) is 6.92 Å². The minimum atomic E-state index is -0.308. The first-order valence-corrected chi connectivity index (χ1v) is 6.61. The maximum Gasteiger partial charge on any atom is 0.339 e. The molecule has 0 aromatic heterocycles. The molecule has 0 unspecified atom stereocenters. The third-order valence-electron chi connectivity index (χ3n) is 3.59. The van der Waals surface area contributed by atoms with Crippen molar-refractivity contribution >= 4 is 22.8 Å². The molecule has 104 valence electrons. The predicted octanol–water partition coefficient (Wildman–Crippen LogP) is 3.86. The number of benzene rings is 2. The number of nitroso groups, excluding NO2 is 1. The molecule has 2 aromatic rings. The molecule has 1 aliphatic heterocycles. The van der Waals surface area contributed by atoms with E-state index >= 15 is 0 Å². The van der Waals surface area contributed by atoms with E-state index in [1.807, 2.05) is 31.2 Å². The second-order valence-corrected chi connectivity index (χ2v) is 4.88. The largest absolute Gasteiger partial charge is 0.457 e. The lowest BCUT2D eigenvalue weighted by molar-refractivity contribution is -0.133. The van der Waals surface area contributed by atoms with Gasteiger partial charge in [-0.2, -0.15) is 0 Å². The van der Waals surface area contributed by atoms with Crippen molar-refractivity contribution in [3.8, 4) is 0 Å². The van der Waals surface area contributed by atoms with Crippen molar-refractivity contribution in [2.24, 2.45) is 5.18 Å². The normalized spacial score (nSPS) is 14.2. The third-order valence-corrected chi connectivity index (χ3v) is 3.59. The van der Waals surface area contributed by atoms with Crippen molar-refractivity contribution in [1.29, 1.82) is 0 Å². The van der Waals surface area contributed by atoms with E-state index < -0.39 is 0 Å². The lowest BCUT2D eigenvalue weighted by Gasteiger charge is -2.07. The van der Waals surface area contributed by atoms with E-state index in [1.165, 1.54) is 0 Å². The van der Waals surface area contributed by atoms with Crippen LogP contribution in [0.3, 0.4) is 0 Å². The van der Waals surface area contributed by atoms with Gasteiger partial charge in [0.25, 0.3) is 0 Å². The number of esters is 1. The Labute approximate surface area is 122 Å². The maximum atomic E-state index is 12.1. The molecule has 0 aliphatic carbocycles. The fourth-order valence-corrected chi connectivity index (χ4v) is 2.48. The molecule has 0 saturated heterocycles. The highest BCUT2D eigenvalue weighted by Gasteiger charge is 2.27. The van der Waals surface area contributed by atoms with Gasteiger partial charge < -0.3 is 4.74 Å². The molecule has 1 aliphatic rings. The van der Waals surface area contributed by atoms with Gasteiger partial charge in [-0.3, -0.25) is 0 Å². The topological polar surface area (TPSA) is 55.7 Å². The van der Waals surface area contributed by atoms with Gasteiger partial charge >= 0.3 is 5.97 Å². The molecule has 0 spiro atoms. The van der Waals surface area contributed by atoms with E-state index in [4.69, 9.17) is 4.74 Å². The SMILES string of the molecule is Cc1ccccc1C1=C(c2ccc(N=O)cc2)COC1=O. The number of rotatable bonds is 3. The molecule has 4 heteroatoms.